The Kier molecular flexibility index (Phi) is 5.15. The van der Waals surface area contributed by atoms with Crippen molar-refractivity contribution in [3.63, 3.8) is 0 Å². The van der Waals surface area contributed by atoms with E-state index in [1.165, 1.54) is 8.93 Å². The molecule has 0 spiro atoms. The zero-order valence-corrected chi connectivity index (χ0v) is 14.2. The lowest BCUT2D eigenvalue weighted by atomic mass is 10.1. The van der Waals surface area contributed by atoms with Crippen molar-refractivity contribution in [3.05, 3.63) is 53.9 Å². The molecule has 0 aliphatic rings. The molecule has 5 heteroatoms. The van der Waals surface area contributed by atoms with E-state index in [1.807, 2.05) is 25.2 Å². The molecule has 1 aromatic heterocycles. The van der Waals surface area contributed by atoms with E-state index in [9.17, 15) is 0 Å². The van der Waals surface area contributed by atoms with Crippen molar-refractivity contribution in [1.82, 2.24) is 9.78 Å². The average molecular weight is 395 g/mol. The summed E-state index contributed by atoms with van der Waals surface area (Å²) in [6.45, 7) is 6.12. The van der Waals surface area contributed by atoms with Gasteiger partial charge in [0, 0.05) is 45.7 Å². The van der Waals surface area contributed by atoms with Crippen molar-refractivity contribution in [1.29, 1.82) is 0 Å². The van der Waals surface area contributed by atoms with Gasteiger partial charge in [0.05, 0.1) is 11.4 Å². The third-order valence-electron chi connectivity index (χ3n) is 2.88. The highest BCUT2D eigenvalue weighted by molar-refractivity contribution is 14.2. The predicted molar refractivity (Wildman–Crippen MR) is 95.5 cm³/mol. The fourth-order valence-electron chi connectivity index (χ4n) is 1.86. The molecule has 0 amide bonds. The first kappa shape index (κ1) is 15.0. The van der Waals surface area contributed by atoms with E-state index in [1.54, 1.807) is 10.9 Å². The summed E-state index contributed by atoms with van der Waals surface area (Å²) in [5.41, 5.74) is 4.98. The van der Waals surface area contributed by atoms with Gasteiger partial charge in [-0.3, -0.25) is 4.68 Å². The van der Waals surface area contributed by atoms with Crippen LogP contribution in [0.4, 0.5) is 5.69 Å². The zero-order chi connectivity index (χ0) is 14.5. The molecular formula is C15H14IN3S. The van der Waals surface area contributed by atoms with Crippen LogP contribution in [0.1, 0.15) is 16.8 Å². The van der Waals surface area contributed by atoms with Gasteiger partial charge in [0.2, 0.25) is 0 Å². The maximum atomic E-state index is 4.14. The Hall–Kier alpha value is -1.39. The van der Waals surface area contributed by atoms with E-state index in [-0.39, 0.29) is 0 Å². The number of hydrogen-bond donors (Lipinski definition) is 1. The summed E-state index contributed by atoms with van der Waals surface area (Å²) < 4.78 is 1.79. The van der Waals surface area contributed by atoms with E-state index in [2.05, 4.69) is 62.4 Å². The second kappa shape index (κ2) is 6.86. The van der Waals surface area contributed by atoms with Crippen molar-refractivity contribution in [2.45, 2.75) is 6.92 Å². The van der Waals surface area contributed by atoms with Crippen LogP contribution in [0.15, 0.2) is 37.0 Å². The van der Waals surface area contributed by atoms with Gasteiger partial charge < -0.3 is 5.32 Å². The summed E-state index contributed by atoms with van der Waals surface area (Å²) in [7, 11) is 3.38. The molecule has 20 heavy (non-hydrogen) atoms. The lowest BCUT2D eigenvalue weighted by molar-refractivity contribution is 0.756. The molecule has 1 heterocycles. The largest absolute Gasteiger partial charge is 0.354 e. The van der Waals surface area contributed by atoms with Gasteiger partial charge in [0.1, 0.15) is 0 Å². The molecule has 2 rings (SSSR count). The molecule has 0 aliphatic carbocycles. The fraction of sp³-hybridized carbons (Fsp3) is 0.133. The van der Waals surface area contributed by atoms with Crippen molar-refractivity contribution >= 4 is 41.5 Å². The number of hydrogen-bond acceptors (Lipinski definition) is 3. The van der Waals surface area contributed by atoms with Crippen molar-refractivity contribution in [3.8, 4) is 11.2 Å². The molecule has 0 unspecified atom stereocenters. The number of benzene rings is 1. The van der Waals surface area contributed by atoms with Gasteiger partial charge in [0.15, 0.2) is 0 Å². The summed E-state index contributed by atoms with van der Waals surface area (Å²) >= 11 is 2.17. The van der Waals surface area contributed by atoms with E-state index in [4.69, 9.17) is 0 Å². The van der Waals surface area contributed by atoms with E-state index >= 15 is 0 Å². The van der Waals surface area contributed by atoms with Gasteiger partial charge >= 0.3 is 0 Å². The Balaban J connectivity index is 2.18. The molecule has 1 aromatic carbocycles. The average Bonchev–Trinajstić information content (AvgIpc) is 2.85. The Morgan fingerprint density at radius 1 is 1.45 bits per heavy atom. The number of nitrogens with zero attached hydrogens (tertiary/aromatic N) is 2. The van der Waals surface area contributed by atoms with E-state index in [0.717, 1.165) is 28.2 Å². The number of rotatable bonds is 3. The van der Waals surface area contributed by atoms with Crippen LogP contribution in [-0.4, -0.2) is 9.78 Å². The van der Waals surface area contributed by atoms with Gasteiger partial charge in [-0.25, -0.2) is 0 Å². The lowest BCUT2D eigenvalue weighted by Gasteiger charge is -2.12. The lowest BCUT2D eigenvalue weighted by Crippen LogP contribution is -2.04. The molecule has 3 nitrogen and oxygen atoms in total. The first-order valence-electron chi connectivity index (χ1n) is 5.95. The van der Waals surface area contributed by atoms with E-state index in [0.29, 0.717) is 0 Å². The highest BCUT2D eigenvalue weighted by Crippen LogP contribution is 2.21. The summed E-state index contributed by atoms with van der Waals surface area (Å²) in [6.07, 6.45) is 1.76. The molecule has 0 aliphatic heterocycles. The standard InChI is InChI=1S/C15H14IN3S/c1-11-10-13(7-9-20-16)4-5-14(11)18-12(2)15-6-8-17-19(15)3/h4-6,8,10,18H,2H2,1,3H3. The molecule has 102 valence electrons. The SMILES string of the molecule is C=C(Nc1ccc(C#CSI)cc1C)c1ccnn1C. The monoisotopic (exact) mass is 395 g/mol. The van der Waals surface area contributed by atoms with Crippen LogP contribution < -0.4 is 5.32 Å². The molecule has 0 atom stereocenters. The number of halogens is 1. The number of aromatic nitrogens is 2. The normalized spacial score (nSPS) is 9.75. The fourth-order valence-corrected chi connectivity index (χ4v) is 2.34. The maximum Gasteiger partial charge on any atom is 0.0835 e. The molecule has 0 saturated heterocycles. The Bertz CT molecular complexity index is 695. The first-order chi connectivity index (χ1) is 9.61. The minimum atomic E-state index is 0.828. The molecule has 2 aromatic rings. The molecule has 1 N–H and O–H groups in total. The van der Waals surface area contributed by atoms with Crippen molar-refractivity contribution in [2.24, 2.45) is 7.05 Å². The van der Waals surface area contributed by atoms with Crippen molar-refractivity contribution in [2.75, 3.05) is 5.32 Å². The van der Waals surface area contributed by atoms with Crippen molar-refractivity contribution < 1.29 is 0 Å². The Labute approximate surface area is 135 Å². The van der Waals surface area contributed by atoms with Crippen LogP contribution >= 0.6 is 30.1 Å². The van der Waals surface area contributed by atoms with Crippen LogP contribution in [0.5, 0.6) is 0 Å². The highest BCUT2D eigenvalue weighted by Gasteiger charge is 2.05. The number of nitrogens with one attached hydrogen (secondary N) is 1. The summed E-state index contributed by atoms with van der Waals surface area (Å²) in [5.74, 6) is 3.09. The highest BCUT2D eigenvalue weighted by atomic mass is 127. The topological polar surface area (TPSA) is 29.9 Å². The smallest absolute Gasteiger partial charge is 0.0835 e. The molecule has 0 bridgehead atoms. The van der Waals surface area contributed by atoms with Crippen LogP contribution in [-0.2, 0) is 7.05 Å². The zero-order valence-electron chi connectivity index (χ0n) is 11.3. The Morgan fingerprint density at radius 3 is 2.85 bits per heavy atom. The molecule has 0 radical (unpaired) electrons. The van der Waals surface area contributed by atoms with E-state index < -0.39 is 0 Å². The summed E-state index contributed by atoms with van der Waals surface area (Å²) in [4.78, 5) is 0. The minimum absolute atomic E-state index is 0.828. The number of anilines is 1. The quantitative estimate of drug-likeness (QED) is 0.624. The van der Waals surface area contributed by atoms with Gasteiger partial charge in [-0.1, -0.05) is 12.5 Å². The molecule has 0 saturated carbocycles. The van der Waals surface area contributed by atoms with Crippen LogP contribution in [0.25, 0.3) is 5.70 Å². The second-order valence-corrected chi connectivity index (χ2v) is 5.96. The Morgan fingerprint density at radius 2 is 2.25 bits per heavy atom. The molecule has 0 fully saturated rings. The van der Waals surface area contributed by atoms with Gasteiger partial charge in [-0.05, 0) is 50.9 Å². The maximum absolute atomic E-state index is 4.14. The second-order valence-electron chi connectivity index (χ2n) is 4.28. The van der Waals surface area contributed by atoms with Crippen LogP contribution in [0, 0.1) is 18.1 Å². The van der Waals surface area contributed by atoms with Crippen LogP contribution in [0.3, 0.4) is 0 Å². The first-order valence-corrected chi connectivity index (χ1v) is 9.31. The third-order valence-corrected chi connectivity index (χ3v) is 3.72. The van der Waals surface area contributed by atoms with Gasteiger partial charge in [-0.2, -0.15) is 5.10 Å². The third kappa shape index (κ3) is 3.58. The number of aryl methyl sites for hydroxylation is 2. The minimum Gasteiger partial charge on any atom is -0.354 e. The predicted octanol–water partition coefficient (Wildman–Crippen LogP) is 4.20. The van der Waals surface area contributed by atoms with Gasteiger partial charge in [-0.15, -0.1) is 0 Å². The van der Waals surface area contributed by atoms with Crippen LogP contribution in [0.2, 0.25) is 0 Å². The summed E-state index contributed by atoms with van der Waals surface area (Å²) in [6, 6.07) is 8.03. The summed E-state index contributed by atoms with van der Waals surface area (Å²) in [5, 5.41) is 10.5. The van der Waals surface area contributed by atoms with Gasteiger partial charge in [0.25, 0.3) is 0 Å². The molecular weight excluding hydrogens is 381 g/mol.